The van der Waals surface area contributed by atoms with E-state index in [1.165, 1.54) is 4.68 Å². The maximum Gasteiger partial charge on any atom is 0.285 e. The van der Waals surface area contributed by atoms with Gasteiger partial charge in [-0.05, 0) is 40.0 Å². The third-order valence-corrected chi connectivity index (χ3v) is 4.10. The van der Waals surface area contributed by atoms with Gasteiger partial charge in [0.05, 0.1) is 21.4 Å². The van der Waals surface area contributed by atoms with E-state index in [-0.39, 0.29) is 11.5 Å². The zero-order chi connectivity index (χ0) is 13.4. The molecule has 0 unspecified atom stereocenters. The zero-order valence-corrected chi connectivity index (χ0v) is 12.9. The van der Waals surface area contributed by atoms with Crippen LogP contribution in [0.2, 0.25) is 10.0 Å². The highest BCUT2D eigenvalue weighted by Gasteiger charge is 2.15. The van der Waals surface area contributed by atoms with Crippen molar-refractivity contribution >= 4 is 39.1 Å². The molecule has 0 aliphatic carbocycles. The third-order valence-electron chi connectivity index (χ3n) is 2.60. The molecule has 2 rings (SSSR count). The predicted molar refractivity (Wildman–Crippen MR) is 78.2 cm³/mol. The Kier molecular flexibility index (Phi) is 3.90. The molecule has 0 saturated carbocycles. The van der Waals surface area contributed by atoms with Gasteiger partial charge in [0, 0.05) is 0 Å². The molecule has 96 valence electrons. The lowest BCUT2D eigenvalue weighted by Gasteiger charge is -2.04. The topological polar surface area (TPSA) is 37.8 Å². The number of halogens is 3. The van der Waals surface area contributed by atoms with Crippen molar-refractivity contribution in [1.29, 1.82) is 0 Å². The summed E-state index contributed by atoms with van der Waals surface area (Å²) in [6.45, 7) is 4.02. The molecule has 0 aliphatic heterocycles. The second-order valence-electron chi connectivity index (χ2n) is 4.23. The summed E-state index contributed by atoms with van der Waals surface area (Å²) in [6, 6.07) is 5.05. The highest BCUT2D eigenvalue weighted by molar-refractivity contribution is 9.10. The smallest absolute Gasteiger partial charge is 0.285 e. The van der Waals surface area contributed by atoms with Gasteiger partial charge >= 0.3 is 0 Å². The van der Waals surface area contributed by atoms with Crippen molar-refractivity contribution in [3.63, 3.8) is 0 Å². The first-order valence-corrected chi connectivity index (χ1v) is 6.92. The van der Waals surface area contributed by atoms with E-state index in [1.807, 2.05) is 13.8 Å². The van der Waals surface area contributed by atoms with Crippen LogP contribution in [-0.2, 0) is 0 Å². The van der Waals surface area contributed by atoms with Gasteiger partial charge in [0.1, 0.15) is 4.47 Å². The van der Waals surface area contributed by atoms with Gasteiger partial charge in [-0.15, -0.1) is 0 Å². The maximum absolute atomic E-state index is 12.1. The number of aromatic nitrogens is 2. The van der Waals surface area contributed by atoms with Gasteiger partial charge in [-0.2, -0.15) is 0 Å². The van der Waals surface area contributed by atoms with Gasteiger partial charge in [0.2, 0.25) is 0 Å². The van der Waals surface area contributed by atoms with E-state index < -0.39 is 0 Å². The van der Waals surface area contributed by atoms with Crippen LogP contribution in [0.1, 0.15) is 25.5 Å². The number of hydrogen-bond acceptors (Lipinski definition) is 1. The van der Waals surface area contributed by atoms with Crippen molar-refractivity contribution in [2.24, 2.45) is 0 Å². The predicted octanol–water partition coefficient (Wildman–Crippen LogP) is 4.36. The minimum atomic E-state index is -0.142. The molecule has 1 aromatic carbocycles. The number of nitrogens with one attached hydrogen (secondary N) is 1. The number of H-pyrrole nitrogens is 1. The molecule has 0 amide bonds. The third kappa shape index (κ3) is 2.37. The molecular formula is C12H11BrCl2N2O. The van der Waals surface area contributed by atoms with E-state index in [0.717, 1.165) is 5.69 Å². The summed E-state index contributed by atoms with van der Waals surface area (Å²) in [5, 5.41) is 3.94. The van der Waals surface area contributed by atoms with E-state index in [1.54, 1.807) is 18.2 Å². The van der Waals surface area contributed by atoms with Gasteiger partial charge in [-0.1, -0.05) is 37.0 Å². The fourth-order valence-electron chi connectivity index (χ4n) is 1.62. The molecular weight excluding hydrogens is 339 g/mol. The quantitative estimate of drug-likeness (QED) is 0.859. The Bertz CT molecular complexity index is 646. The lowest BCUT2D eigenvalue weighted by atomic mass is 10.1. The summed E-state index contributed by atoms with van der Waals surface area (Å²) in [5.74, 6) is 0.219. The molecule has 0 aliphatic rings. The van der Waals surface area contributed by atoms with Gasteiger partial charge in [0.15, 0.2) is 0 Å². The van der Waals surface area contributed by atoms with Crippen LogP contribution in [0.3, 0.4) is 0 Å². The Morgan fingerprint density at radius 2 is 1.94 bits per heavy atom. The van der Waals surface area contributed by atoms with Crippen molar-refractivity contribution < 1.29 is 0 Å². The molecule has 2 aromatic rings. The summed E-state index contributed by atoms with van der Waals surface area (Å²) in [4.78, 5) is 12.1. The molecule has 0 spiro atoms. The van der Waals surface area contributed by atoms with Crippen molar-refractivity contribution in [1.82, 2.24) is 9.78 Å². The van der Waals surface area contributed by atoms with Crippen LogP contribution in [0.4, 0.5) is 0 Å². The molecule has 3 nitrogen and oxygen atoms in total. The number of nitrogens with zero attached hydrogens (tertiary/aromatic N) is 1. The highest BCUT2D eigenvalue weighted by Crippen LogP contribution is 2.25. The van der Waals surface area contributed by atoms with E-state index in [9.17, 15) is 4.79 Å². The van der Waals surface area contributed by atoms with Crippen molar-refractivity contribution in [3.8, 4) is 5.69 Å². The molecule has 1 N–H and O–H groups in total. The van der Waals surface area contributed by atoms with Crippen LogP contribution >= 0.6 is 39.1 Å². The van der Waals surface area contributed by atoms with E-state index in [0.29, 0.717) is 20.2 Å². The summed E-state index contributed by atoms with van der Waals surface area (Å²) in [6.07, 6.45) is 0. The van der Waals surface area contributed by atoms with Gasteiger partial charge in [0.25, 0.3) is 5.56 Å². The van der Waals surface area contributed by atoms with Gasteiger partial charge < -0.3 is 0 Å². The normalized spacial score (nSPS) is 11.2. The Hall–Kier alpha value is -0.710. The lowest BCUT2D eigenvalue weighted by molar-refractivity contribution is 0.759. The number of aromatic amines is 1. The Labute approximate surface area is 123 Å². The largest absolute Gasteiger partial charge is 0.294 e. The number of rotatable bonds is 2. The molecule has 0 saturated heterocycles. The average molecular weight is 350 g/mol. The van der Waals surface area contributed by atoms with Crippen LogP contribution in [0, 0.1) is 0 Å². The Morgan fingerprint density at radius 1 is 1.28 bits per heavy atom. The summed E-state index contributed by atoms with van der Waals surface area (Å²) in [7, 11) is 0. The molecule has 1 aromatic heterocycles. The zero-order valence-electron chi connectivity index (χ0n) is 9.80. The standard InChI is InChI=1S/C12H11BrCl2N2O/c1-6(2)11-10(13)12(18)17(16-11)7-3-4-8(14)9(15)5-7/h3-6,16H,1-2H3. The molecule has 18 heavy (non-hydrogen) atoms. The first-order chi connectivity index (χ1) is 8.41. The number of hydrogen-bond donors (Lipinski definition) is 1. The minimum absolute atomic E-state index is 0.142. The van der Waals surface area contributed by atoms with E-state index in [4.69, 9.17) is 23.2 Å². The Balaban J connectivity index is 2.61. The van der Waals surface area contributed by atoms with Crippen LogP contribution in [-0.4, -0.2) is 9.78 Å². The molecule has 1 heterocycles. The molecule has 0 atom stereocenters. The fraction of sp³-hybridized carbons (Fsp3) is 0.250. The van der Waals surface area contributed by atoms with Crippen LogP contribution < -0.4 is 5.56 Å². The molecule has 0 bridgehead atoms. The van der Waals surface area contributed by atoms with Gasteiger partial charge in [-0.3, -0.25) is 9.89 Å². The van der Waals surface area contributed by atoms with Crippen molar-refractivity contribution in [2.45, 2.75) is 19.8 Å². The SMILES string of the molecule is CC(C)c1[nH]n(-c2ccc(Cl)c(Cl)c2)c(=O)c1Br. The van der Waals surface area contributed by atoms with Crippen molar-refractivity contribution in [2.75, 3.05) is 0 Å². The van der Waals surface area contributed by atoms with Crippen LogP contribution in [0.25, 0.3) is 5.69 Å². The fourth-order valence-corrected chi connectivity index (χ4v) is 2.64. The minimum Gasteiger partial charge on any atom is -0.294 e. The highest BCUT2D eigenvalue weighted by atomic mass is 79.9. The summed E-state index contributed by atoms with van der Waals surface area (Å²) >= 11 is 15.1. The van der Waals surface area contributed by atoms with Crippen LogP contribution in [0.5, 0.6) is 0 Å². The Morgan fingerprint density at radius 3 is 2.44 bits per heavy atom. The van der Waals surface area contributed by atoms with E-state index >= 15 is 0 Å². The second kappa shape index (κ2) is 5.11. The second-order valence-corrected chi connectivity index (χ2v) is 5.84. The molecule has 0 fully saturated rings. The molecule has 6 heteroatoms. The van der Waals surface area contributed by atoms with Gasteiger partial charge in [-0.25, -0.2) is 4.68 Å². The monoisotopic (exact) mass is 348 g/mol. The molecule has 0 radical (unpaired) electrons. The lowest BCUT2D eigenvalue weighted by Crippen LogP contribution is -2.14. The first-order valence-electron chi connectivity index (χ1n) is 5.37. The number of benzene rings is 1. The van der Waals surface area contributed by atoms with E-state index in [2.05, 4.69) is 21.0 Å². The first kappa shape index (κ1) is 13.7. The summed E-state index contributed by atoms with van der Waals surface area (Å²) in [5.41, 5.74) is 1.37. The van der Waals surface area contributed by atoms with Crippen LogP contribution in [0.15, 0.2) is 27.5 Å². The maximum atomic E-state index is 12.1. The van der Waals surface area contributed by atoms with Crippen molar-refractivity contribution in [3.05, 3.63) is 48.8 Å². The average Bonchev–Trinajstić information content (AvgIpc) is 2.60. The summed E-state index contributed by atoms with van der Waals surface area (Å²) < 4.78 is 1.99.